The van der Waals surface area contributed by atoms with Gasteiger partial charge in [-0.2, -0.15) is 0 Å². The van der Waals surface area contributed by atoms with Crippen molar-refractivity contribution >= 4 is 23.2 Å². The van der Waals surface area contributed by atoms with Crippen molar-refractivity contribution in [3.8, 4) is 0 Å². The van der Waals surface area contributed by atoms with Crippen LogP contribution in [0.25, 0.3) is 0 Å². The molecule has 1 atom stereocenters. The van der Waals surface area contributed by atoms with E-state index in [-0.39, 0.29) is 6.61 Å². The van der Waals surface area contributed by atoms with Crippen LogP contribution < -0.4 is 0 Å². The fourth-order valence-corrected chi connectivity index (χ4v) is 1.65. The molecule has 0 spiro atoms. The number of halogens is 2. The molecule has 0 saturated carbocycles. The molecule has 0 aliphatic rings. The molecule has 1 nitrogen and oxygen atoms in total. The molecule has 78 valence electrons. The highest BCUT2D eigenvalue weighted by molar-refractivity contribution is 6.42. The SMILES string of the molecule is CC(CO)CCc1cccc(Cl)c1Cl. The zero-order valence-electron chi connectivity index (χ0n) is 8.13. The summed E-state index contributed by atoms with van der Waals surface area (Å²) < 4.78 is 0. The molecular formula is C11H14Cl2O. The van der Waals surface area contributed by atoms with Gasteiger partial charge in [0.15, 0.2) is 0 Å². The Kier molecular flexibility index (Phi) is 4.73. The molecule has 0 bridgehead atoms. The van der Waals surface area contributed by atoms with Gasteiger partial charge in [-0.1, -0.05) is 42.3 Å². The predicted molar refractivity (Wildman–Crippen MR) is 61.0 cm³/mol. The number of benzene rings is 1. The Bertz CT molecular complexity index is 299. The topological polar surface area (TPSA) is 20.2 Å². The standard InChI is InChI=1S/C11H14Cl2O/c1-8(7-14)5-6-9-3-2-4-10(12)11(9)13/h2-4,8,14H,5-7H2,1H3. The van der Waals surface area contributed by atoms with Gasteiger partial charge in [-0.15, -0.1) is 0 Å². The Labute approximate surface area is 94.7 Å². The largest absolute Gasteiger partial charge is 0.396 e. The minimum absolute atomic E-state index is 0.220. The van der Waals surface area contributed by atoms with Crippen molar-refractivity contribution in [2.24, 2.45) is 5.92 Å². The normalized spacial score (nSPS) is 12.9. The Morgan fingerprint density at radius 3 is 2.71 bits per heavy atom. The average molecular weight is 233 g/mol. The molecule has 0 aliphatic carbocycles. The van der Waals surface area contributed by atoms with Crippen LogP contribution in [0.1, 0.15) is 18.9 Å². The maximum atomic E-state index is 8.88. The molecule has 0 amide bonds. The maximum Gasteiger partial charge on any atom is 0.0624 e. The Morgan fingerprint density at radius 2 is 2.07 bits per heavy atom. The zero-order valence-corrected chi connectivity index (χ0v) is 9.65. The number of hydrogen-bond acceptors (Lipinski definition) is 1. The van der Waals surface area contributed by atoms with Gasteiger partial charge in [-0.3, -0.25) is 0 Å². The molecule has 0 heterocycles. The summed E-state index contributed by atoms with van der Waals surface area (Å²) in [6.07, 6.45) is 1.79. The lowest BCUT2D eigenvalue weighted by Crippen LogP contribution is -2.02. The van der Waals surface area contributed by atoms with E-state index in [9.17, 15) is 0 Å². The average Bonchev–Trinajstić information content (AvgIpc) is 2.20. The van der Waals surface area contributed by atoms with Gasteiger partial charge in [0.1, 0.15) is 0 Å². The van der Waals surface area contributed by atoms with E-state index in [0.29, 0.717) is 16.0 Å². The van der Waals surface area contributed by atoms with Crippen LogP contribution in [0.2, 0.25) is 10.0 Å². The lowest BCUT2D eigenvalue weighted by Gasteiger charge is -2.09. The van der Waals surface area contributed by atoms with Gasteiger partial charge in [0, 0.05) is 6.61 Å². The number of rotatable bonds is 4. The third-order valence-electron chi connectivity index (χ3n) is 2.25. The number of aliphatic hydroxyl groups is 1. The molecule has 1 N–H and O–H groups in total. The van der Waals surface area contributed by atoms with Crippen molar-refractivity contribution < 1.29 is 5.11 Å². The first-order valence-electron chi connectivity index (χ1n) is 4.69. The van der Waals surface area contributed by atoms with Gasteiger partial charge in [0.05, 0.1) is 10.0 Å². The van der Waals surface area contributed by atoms with E-state index in [1.807, 2.05) is 19.1 Å². The quantitative estimate of drug-likeness (QED) is 0.843. The van der Waals surface area contributed by atoms with E-state index in [1.54, 1.807) is 6.07 Å². The van der Waals surface area contributed by atoms with Crippen molar-refractivity contribution in [1.29, 1.82) is 0 Å². The van der Waals surface area contributed by atoms with Crippen molar-refractivity contribution in [3.05, 3.63) is 33.8 Å². The summed E-state index contributed by atoms with van der Waals surface area (Å²) >= 11 is 11.9. The summed E-state index contributed by atoms with van der Waals surface area (Å²) in [5, 5.41) is 10.1. The lowest BCUT2D eigenvalue weighted by molar-refractivity contribution is 0.230. The molecule has 3 heteroatoms. The van der Waals surface area contributed by atoms with E-state index in [2.05, 4.69) is 0 Å². The van der Waals surface area contributed by atoms with Gasteiger partial charge < -0.3 is 5.11 Å². The van der Waals surface area contributed by atoms with E-state index in [1.165, 1.54) is 0 Å². The smallest absolute Gasteiger partial charge is 0.0624 e. The number of aryl methyl sites for hydroxylation is 1. The van der Waals surface area contributed by atoms with Crippen LogP contribution in [0.15, 0.2) is 18.2 Å². The van der Waals surface area contributed by atoms with Gasteiger partial charge in [-0.25, -0.2) is 0 Å². The molecule has 14 heavy (non-hydrogen) atoms. The molecule has 1 aromatic rings. The van der Waals surface area contributed by atoms with Crippen LogP contribution in [-0.2, 0) is 6.42 Å². The van der Waals surface area contributed by atoms with Crippen molar-refractivity contribution in [2.75, 3.05) is 6.61 Å². The van der Waals surface area contributed by atoms with Crippen LogP contribution >= 0.6 is 23.2 Å². The molecular weight excluding hydrogens is 219 g/mol. The van der Waals surface area contributed by atoms with E-state index >= 15 is 0 Å². The summed E-state index contributed by atoms with van der Waals surface area (Å²) in [5.41, 5.74) is 1.06. The summed E-state index contributed by atoms with van der Waals surface area (Å²) in [7, 11) is 0. The van der Waals surface area contributed by atoms with Crippen LogP contribution in [0.3, 0.4) is 0 Å². The van der Waals surface area contributed by atoms with Gasteiger partial charge in [-0.05, 0) is 30.4 Å². The molecule has 0 aliphatic heterocycles. The van der Waals surface area contributed by atoms with Gasteiger partial charge in [0.25, 0.3) is 0 Å². The Morgan fingerprint density at radius 1 is 1.36 bits per heavy atom. The number of hydrogen-bond donors (Lipinski definition) is 1. The molecule has 0 saturated heterocycles. The predicted octanol–water partition coefficient (Wildman–Crippen LogP) is 3.55. The first-order chi connectivity index (χ1) is 6.65. The van der Waals surface area contributed by atoms with Gasteiger partial charge >= 0.3 is 0 Å². The van der Waals surface area contributed by atoms with Crippen molar-refractivity contribution in [2.45, 2.75) is 19.8 Å². The third kappa shape index (κ3) is 3.16. The summed E-state index contributed by atoms with van der Waals surface area (Å²) in [6.45, 7) is 2.23. The van der Waals surface area contributed by atoms with Crippen LogP contribution in [0.5, 0.6) is 0 Å². The van der Waals surface area contributed by atoms with E-state index in [0.717, 1.165) is 18.4 Å². The van der Waals surface area contributed by atoms with E-state index in [4.69, 9.17) is 28.3 Å². The monoisotopic (exact) mass is 232 g/mol. The minimum Gasteiger partial charge on any atom is -0.396 e. The molecule has 1 rings (SSSR count). The second-order valence-electron chi connectivity index (χ2n) is 3.54. The summed E-state index contributed by atoms with van der Waals surface area (Å²) in [5.74, 6) is 0.310. The van der Waals surface area contributed by atoms with Gasteiger partial charge in [0.2, 0.25) is 0 Å². The molecule has 0 fully saturated rings. The summed E-state index contributed by atoms with van der Waals surface area (Å²) in [4.78, 5) is 0. The van der Waals surface area contributed by atoms with Crippen LogP contribution in [0.4, 0.5) is 0 Å². The fourth-order valence-electron chi connectivity index (χ4n) is 1.23. The minimum atomic E-state index is 0.220. The van der Waals surface area contributed by atoms with Crippen LogP contribution in [0, 0.1) is 5.92 Å². The molecule has 0 aromatic heterocycles. The second kappa shape index (κ2) is 5.59. The molecule has 0 radical (unpaired) electrons. The highest BCUT2D eigenvalue weighted by Crippen LogP contribution is 2.26. The Balaban J connectivity index is 2.63. The zero-order chi connectivity index (χ0) is 10.6. The third-order valence-corrected chi connectivity index (χ3v) is 3.11. The highest BCUT2D eigenvalue weighted by atomic mass is 35.5. The lowest BCUT2D eigenvalue weighted by atomic mass is 10.0. The fraction of sp³-hybridized carbons (Fsp3) is 0.455. The van der Waals surface area contributed by atoms with Crippen LogP contribution in [-0.4, -0.2) is 11.7 Å². The first-order valence-corrected chi connectivity index (χ1v) is 5.44. The highest BCUT2D eigenvalue weighted by Gasteiger charge is 2.06. The van der Waals surface area contributed by atoms with E-state index < -0.39 is 0 Å². The maximum absolute atomic E-state index is 8.88. The van der Waals surface area contributed by atoms with Crippen molar-refractivity contribution in [1.82, 2.24) is 0 Å². The van der Waals surface area contributed by atoms with Crippen molar-refractivity contribution in [3.63, 3.8) is 0 Å². The molecule has 1 unspecified atom stereocenters. The molecule has 1 aromatic carbocycles. The second-order valence-corrected chi connectivity index (χ2v) is 4.32. The number of aliphatic hydroxyl groups excluding tert-OH is 1. The summed E-state index contributed by atoms with van der Waals surface area (Å²) in [6, 6.07) is 5.65. The Hall–Kier alpha value is -0.240. The first kappa shape index (κ1) is 11.8.